The number of piperazine rings is 1. The SMILES string of the molecule is CN=C(NCC(=O)NC(C)(C)C)NCc1ccc(CN2CCN(C)CC2)cc1.I. The summed E-state index contributed by atoms with van der Waals surface area (Å²) in [7, 11) is 3.88. The number of hydrogen-bond acceptors (Lipinski definition) is 4. The van der Waals surface area contributed by atoms with Crippen LogP contribution in [0.4, 0.5) is 0 Å². The minimum absolute atomic E-state index is 0. The smallest absolute Gasteiger partial charge is 0.239 e. The molecule has 1 aliphatic heterocycles. The van der Waals surface area contributed by atoms with Gasteiger partial charge in [0.05, 0.1) is 6.54 Å². The van der Waals surface area contributed by atoms with Crippen LogP contribution in [0.2, 0.25) is 0 Å². The standard InChI is InChI=1S/C21H36N6O.HI/c1-21(2,3)25-19(28)15-24-20(22-4)23-14-17-6-8-18(9-7-17)16-27-12-10-26(5)11-13-27;/h6-9H,10-16H2,1-5H3,(H,25,28)(H2,22,23,24);1H. The second-order valence-corrected chi connectivity index (χ2v) is 8.47. The maximum atomic E-state index is 11.9. The van der Waals surface area contributed by atoms with Gasteiger partial charge in [-0.05, 0) is 38.9 Å². The fourth-order valence-electron chi connectivity index (χ4n) is 3.06. The first-order chi connectivity index (χ1) is 13.2. The zero-order chi connectivity index (χ0) is 20.6. The molecule has 0 unspecified atom stereocenters. The Morgan fingerprint density at radius 3 is 2.17 bits per heavy atom. The Morgan fingerprint density at radius 2 is 1.62 bits per heavy atom. The van der Waals surface area contributed by atoms with E-state index in [1.807, 2.05) is 20.8 Å². The summed E-state index contributed by atoms with van der Waals surface area (Å²) in [4.78, 5) is 21.0. The normalized spacial score (nSPS) is 16.1. The van der Waals surface area contributed by atoms with Crippen molar-refractivity contribution in [1.29, 1.82) is 0 Å². The van der Waals surface area contributed by atoms with Crippen LogP contribution in [0.25, 0.3) is 0 Å². The van der Waals surface area contributed by atoms with Gasteiger partial charge in [-0.1, -0.05) is 24.3 Å². The zero-order valence-electron chi connectivity index (χ0n) is 18.4. The lowest BCUT2D eigenvalue weighted by Gasteiger charge is -2.32. The van der Waals surface area contributed by atoms with Crippen LogP contribution in [0.3, 0.4) is 0 Å². The Balaban J connectivity index is 0.00000420. The van der Waals surface area contributed by atoms with Gasteiger partial charge in [-0.3, -0.25) is 14.7 Å². The number of hydrogen-bond donors (Lipinski definition) is 3. The third-order valence-corrected chi connectivity index (χ3v) is 4.64. The summed E-state index contributed by atoms with van der Waals surface area (Å²) in [5.74, 6) is 0.564. The molecule has 164 valence electrons. The number of nitrogens with one attached hydrogen (secondary N) is 3. The summed E-state index contributed by atoms with van der Waals surface area (Å²) in [5, 5.41) is 9.22. The third kappa shape index (κ3) is 10.3. The first kappa shape index (κ1) is 25.6. The van der Waals surface area contributed by atoms with Gasteiger partial charge in [0.25, 0.3) is 0 Å². The molecule has 0 aromatic heterocycles. The largest absolute Gasteiger partial charge is 0.352 e. The van der Waals surface area contributed by atoms with Crippen LogP contribution in [0.1, 0.15) is 31.9 Å². The molecule has 1 aromatic rings. The summed E-state index contributed by atoms with van der Waals surface area (Å²) in [6, 6.07) is 8.70. The fraction of sp³-hybridized carbons (Fsp3) is 0.619. The highest BCUT2D eigenvalue weighted by Crippen LogP contribution is 2.09. The molecule has 1 heterocycles. The minimum atomic E-state index is -0.235. The minimum Gasteiger partial charge on any atom is -0.352 e. The van der Waals surface area contributed by atoms with E-state index in [9.17, 15) is 4.79 Å². The first-order valence-corrected chi connectivity index (χ1v) is 9.99. The van der Waals surface area contributed by atoms with E-state index in [0.717, 1.165) is 32.7 Å². The van der Waals surface area contributed by atoms with Crippen molar-refractivity contribution in [3.8, 4) is 0 Å². The van der Waals surface area contributed by atoms with Gasteiger partial charge < -0.3 is 20.9 Å². The molecule has 0 saturated carbocycles. The molecule has 0 spiro atoms. The molecule has 0 radical (unpaired) electrons. The molecule has 2 rings (SSSR count). The molecule has 3 N–H and O–H groups in total. The van der Waals surface area contributed by atoms with Crippen LogP contribution in [0.15, 0.2) is 29.3 Å². The third-order valence-electron chi connectivity index (χ3n) is 4.64. The lowest BCUT2D eigenvalue weighted by molar-refractivity contribution is -0.121. The maximum absolute atomic E-state index is 11.9. The number of aliphatic imine (C=N–C) groups is 1. The van der Waals surface area contributed by atoms with Crippen LogP contribution < -0.4 is 16.0 Å². The number of likely N-dealkylation sites (N-methyl/N-ethyl adjacent to an activating group) is 1. The molecule has 0 bridgehead atoms. The second-order valence-electron chi connectivity index (χ2n) is 8.47. The molecule has 1 fully saturated rings. The number of guanidine groups is 1. The van der Waals surface area contributed by atoms with Crippen LogP contribution in [-0.2, 0) is 17.9 Å². The highest BCUT2D eigenvalue weighted by Gasteiger charge is 2.14. The van der Waals surface area contributed by atoms with E-state index in [0.29, 0.717) is 12.5 Å². The van der Waals surface area contributed by atoms with Crippen molar-refractivity contribution in [3.05, 3.63) is 35.4 Å². The van der Waals surface area contributed by atoms with E-state index >= 15 is 0 Å². The van der Waals surface area contributed by atoms with Gasteiger partial charge in [0.2, 0.25) is 5.91 Å². The predicted molar refractivity (Wildman–Crippen MR) is 131 cm³/mol. The van der Waals surface area contributed by atoms with Crippen molar-refractivity contribution in [2.75, 3.05) is 46.8 Å². The van der Waals surface area contributed by atoms with E-state index in [4.69, 9.17) is 0 Å². The fourth-order valence-corrected chi connectivity index (χ4v) is 3.06. The molecule has 1 aromatic carbocycles. The quantitative estimate of drug-likeness (QED) is 0.305. The molecule has 0 aliphatic carbocycles. The number of halogens is 1. The van der Waals surface area contributed by atoms with Gasteiger partial charge in [-0.15, -0.1) is 24.0 Å². The summed E-state index contributed by atoms with van der Waals surface area (Å²) in [5.41, 5.74) is 2.29. The van der Waals surface area contributed by atoms with Crippen molar-refractivity contribution in [2.24, 2.45) is 4.99 Å². The highest BCUT2D eigenvalue weighted by molar-refractivity contribution is 14.0. The second kappa shape index (κ2) is 12.3. The molecule has 29 heavy (non-hydrogen) atoms. The Bertz CT molecular complexity index is 648. The molecule has 1 amide bonds. The monoisotopic (exact) mass is 516 g/mol. The van der Waals surface area contributed by atoms with Gasteiger partial charge in [0.1, 0.15) is 0 Å². The summed E-state index contributed by atoms with van der Waals surface area (Å²) in [6.07, 6.45) is 0. The molecular formula is C21H37IN6O. The van der Waals surface area contributed by atoms with Gasteiger partial charge in [-0.2, -0.15) is 0 Å². The number of rotatable bonds is 6. The van der Waals surface area contributed by atoms with Crippen LogP contribution >= 0.6 is 24.0 Å². The van der Waals surface area contributed by atoms with Crippen molar-refractivity contribution < 1.29 is 4.79 Å². The first-order valence-electron chi connectivity index (χ1n) is 9.99. The van der Waals surface area contributed by atoms with Gasteiger partial charge in [-0.25, -0.2) is 0 Å². The molecule has 8 heteroatoms. The number of carbonyl (C=O) groups excluding carboxylic acids is 1. The summed E-state index contributed by atoms with van der Waals surface area (Å²) < 4.78 is 0. The Hall–Kier alpha value is -1.39. The van der Waals surface area contributed by atoms with E-state index in [1.54, 1.807) is 7.05 Å². The van der Waals surface area contributed by atoms with Gasteiger partial charge in [0.15, 0.2) is 5.96 Å². The van der Waals surface area contributed by atoms with Crippen molar-refractivity contribution in [3.63, 3.8) is 0 Å². The average Bonchev–Trinajstić information content (AvgIpc) is 2.63. The van der Waals surface area contributed by atoms with Crippen LogP contribution in [0.5, 0.6) is 0 Å². The molecule has 1 saturated heterocycles. The highest BCUT2D eigenvalue weighted by atomic mass is 127. The summed E-state index contributed by atoms with van der Waals surface area (Å²) in [6.45, 7) is 12.3. The molecule has 7 nitrogen and oxygen atoms in total. The van der Waals surface area contributed by atoms with E-state index in [-0.39, 0.29) is 42.0 Å². The Kier molecular flexibility index (Phi) is 10.9. The molecule has 0 atom stereocenters. The maximum Gasteiger partial charge on any atom is 0.239 e. The summed E-state index contributed by atoms with van der Waals surface area (Å²) >= 11 is 0. The van der Waals surface area contributed by atoms with E-state index in [1.165, 1.54) is 11.1 Å². The molecule has 1 aliphatic rings. The Labute approximate surface area is 192 Å². The number of carbonyl (C=O) groups is 1. The van der Waals surface area contributed by atoms with Crippen molar-refractivity contribution >= 4 is 35.8 Å². The zero-order valence-corrected chi connectivity index (χ0v) is 20.7. The van der Waals surface area contributed by atoms with Gasteiger partial charge >= 0.3 is 0 Å². The van der Waals surface area contributed by atoms with Crippen LogP contribution in [0, 0.1) is 0 Å². The van der Waals surface area contributed by atoms with Crippen LogP contribution in [-0.4, -0.2) is 74.0 Å². The van der Waals surface area contributed by atoms with Gasteiger partial charge in [0, 0.05) is 51.9 Å². The molecular weight excluding hydrogens is 479 g/mol. The number of benzene rings is 1. The van der Waals surface area contributed by atoms with Crippen molar-refractivity contribution in [2.45, 2.75) is 39.4 Å². The Morgan fingerprint density at radius 1 is 1.03 bits per heavy atom. The lowest BCUT2D eigenvalue weighted by Crippen LogP contribution is -2.48. The van der Waals surface area contributed by atoms with E-state index < -0.39 is 0 Å². The number of nitrogens with zero attached hydrogens (tertiary/aromatic N) is 3. The van der Waals surface area contributed by atoms with E-state index in [2.05, 4.69) is 62.1 Å². The lowest BCUT2D eigenvalue weighted by atomic mass is 10.1. The van der Waals surface area contributed by atoms with Crippen molar-refractivity contribution in [1.82, 2.24) is 25.8 Å². The number of amides is 1. The average molecular weight is 516 g/mol. The topological polar surface area (TPSA) is 72.0 Å². The predicted octanol–water partition coefficient (Wildman–Crippen LogP) is 1.63.